The number of aryl methyl sites for hydroxylation is 2. The highest BCUT2D eigenvalue weighted by molar-refractivity contribution is 5.24. The van der Waals surface area contributed by atoms with Crippen molar-refractivity contribution in [3.05, 3.63) is 29.1 Å². The lowest BCUT2D eigenvalue weighted by Crippen LogP contribution is -2.12. The van der Waals surface area contributed by atoms with Gasteiger partial charge in [-0.1, -0.05) is 32.6 Å². The highest BCUT2D eigenvalue weighted by Gasteiger charge is 2.26. The Morgan fingerprint density at radius 2 is 1.95 bits per heavy atom. The molecule has 2 saturated carbocycles. The summed E-state index contributed by atoms with van der Waals surface area (Å²) in [6, 6.07) is 4.74. The highest BCUT2D eigenvalue weighted by Crippen LogP contribution is 2.39. The van der Waals surface area contributed by atoms with E-state index in [4.69, 9.17) is 4.98 Å². The minimum atomic E-state index is 0.738. The van der Waals surface area contributed by atoms with Gasteiger partial charge in [0.1, 0.15) is 0 Å². The molecule has 0 aromatic carbocycles. The van der Waals surface area contributed by atoms with Crippen molar-refractivity contribution >= 4 is 0 Å². The largest absolute Gasteiger partial charge is 0.258 e. The van der Waals surface area contributed by atoms with Gasteiger partial charge < -0.3 is 0 Å². The van der Waals surface area contributed by atoms with E-state index in [2.05, 4.69) is 26.0 Å². The molecule has 2 atom stereocenters. The third-order valence-electron chi connectivity index (χ3n) is 5.64. The van der Waals surface area contributed by atoms with Crippen molar-refractivity contribution in [1.82, 2.24) is 4.98 Å². The first-order valence-electron chi connectivity index (χ1n) is 8.72. The summed E-state index contributed by atoms with van der Waals surface area (Å²) in [5.74, 6) is 2.70. The van der Waals surface area contributed by atoms with Crippen molar-refractivity contribution in [3.63, 3.8) is 0 Å². The predicted molar refractivity (Wildman–Crippen MR) is 85.0 cm³/mol. The number of rotatable bonds is 5. The molecule has 1 heteroatoms. The minimum absolute atomic E-state index is 0.738. The summed E-state index contributed by atoms with van der Waals surface area (Å²) in [7, 11) is 0. The van der Waals surface area contributed by atoms with Crippen LogP contribution in [0.5, 0.6) is 0 Å². The second kappa shape index (κ2) is 6.28. The van der Waals surface area contributed by atoms with Crippen molar-refractivity contribution in [3.8, 4) is 0 Å². The quantitative estimate of drug-likeness (QED) is 0.697. The van der Waals surface area contributed by atoms with E-state index in [-0.39, 0.29) is 0 Å². The number of pyridine rings is 1. The molecule has 2 unspecified atom stereocenters. The zero-order valence-corrected chi connectivity index (χ0v) is 13.2. The van der Waals surface area contributed by atoms with Crippen molar-refractivity contribution in [2.24, 2.45) is 11.8 Å². The van der Waals surface area contributed by atoms with E-state index in [0.29, 0.717) is 0 Å². The van der Waals surface area contributed by atoms with Crippen LogP contribution in [0.4, 0.5) is 0 Å². The molecular weight excluding hydrogens is 242 g/mol. The monoisotopic (exact) mass is 271 g/mol. The summed E-state index contributed by atoms with van der Waals surface area (Å²) in [5.41, 5.74) is 4.16. The smallest absolute Gasteiger partial charge is 0.0440 e. The van der Waals surface area contributed by atoms with Gasteiger partial charge in [0.15, 0.2) is 0 Å². The van der Waals surface area contributed by atoms with E-state index in [9.17, 15) is 0 Å². The Morgan fingerprint density at radius 3 is 2.60 bits per heavy atom. The van der Waals surface area contributed by atoms with Crippen molar-refractivity contribution in [2.45, 2.75) is 77.6 Å². The predicted octanol–water partition coefficient (Wildman–Crippen LogP) is 5.42. The van der Waals surface area contributed by atoms with Crippen LogP contribution >= 0.6 is 0 Å². The van der Waals surface area contributed by atoms with Crippen LogP contribution < -0.4 is 0 Å². The number of hydrogen-bond acceptors (Lipinski definition) is 1. The van der Waals surface area contributed by atoms with E-state index >= 15 is 0 Å². The molecule has 0 N–H and O–H groups in total. The Labute approximate surface area is 124 Å². The second-order valence-electron chi connectivity index (χ2n) is 7.16. The van der Waals surface area contributed by atoms with Gasteiger partial charge in [-0.25, -0.2) is 0 Å². The maximum Gasteiger partial charge on any atom is 0.0440 e. The summed E-state index contributed by atoms with van der Waals surface area (Å²) in [5, 5.41) is 0. The third kappa shape index (κ3) is 3.24. The molecular formula is C19H29N. The Hall–Kier alpha value is -0.850. The maximum absolute atomic E-state index is 4.85. The van der Waals surface area contributed by atoms with Crippen molar-refractivity contribution < 1.29 is 0 Å². The molecule has 3 rings (SSSR count). The first-order chi connectivity index (χ1) is 9.74. The molecule has 0 radical (unpaired) electrons. The lowest BCUT2D eigenvalue weighted by atomic mass is 9.81. The fourth-order valence-corrected chi connectivity index (χ4v) is 3.99. The SMILES string of the molecule is CCC1CCC(c2cc(CCC3CCC3)cc(C)n2)C1. The molecule has 0 bridgehead atoms. The molecule has 20 heavy (non-hydrogen) atoms. The molecule has 0 amide bonds. The van der Waals surface area contributed by atoms with Crippen LogP contribution in [0, 0.1) is 18.8 Å². The van der Waals surface area contributed by atoms with E-state index in [0.717, 1.165) is 17.8 Å². The Kier molecular flexibility index (Phi) is 4.43. The van der Waals surface area contributed by atoms with Gasteiger partial charge in [-0.15, -0.1) is 0 Å². The molecule has 2 fully saturated rings. The highest BCUT2D eigenvalue weighted by atomic mass is 14.7. The van der Waals surface area contributed by atoms with Gasteiger partial charge in [0.05, 0.1) is 0 Å². The van der Waals surface area contributed by atoms with E-state index in [1.807, 2.05) is 0 Å². The number of aromatic nitrogens is 1. The van der Waals surface area contributed by atoms with Crippen LogP contribution in [0.2, 0.25) is 0 Å². The Balaban J connectivity index is 1.66. The molecule has 0 spiro atoms. The van der Waals surface area contributed by atoms with Gasteiger partial charge in [0.25, 0.3) is 0 Å². The van der Waals surface area contributed by atoms with E-state index in [1.54, 1.807) is 5.56 Å². The van der Waals surface area contributed by atoms with Crippen molar-refractivity contribution in [1.29, 1.82) is 0 Å². The lowest BCUT2D eigenvalue weighted by Gasteiger charge is -2.25. The average molecular weight is 271 g/mol. The second-order valence-corrected chi connectivity index (χ2v) is 7.16. The fraction of sp³-hybridized carbons (Fsp3) is 0.737. The summed E-state index contributed by atoms with van der Waals surface area (Å²) in [6.07, 6.45) is 12.6. The molecule has 1 nitrogen and oxygen atoms in total. The van der Waals surface area contributed by atoms with Crippen LogP contribution in [0.15, 0.2) is 12.1 Å². The topological polar surface area (TPSA) is 12.9 Å². The molecule has 1 aromatic rings. The number of nitrogens with zero attached hydrogens (tertiary/aromatic N) is 1. The van der Waals surface area contributed by atoms with Gasteiger partial charge in [-0.05, 0) is 68.6 Å². The van der Waals surface area contributed by atoms with Crippen LogP contribution in [0.3, 0.4) is 0 Å². The molecule has 1 heterocycles. The Bertz CT molecular complexity index is 447. The van der Waals surface area contributed by atoms with E-state index < -0.39 is 0 Å². The van der Waals surface area contributed by atoms with Crippen molar-refractivity contribution in [2.75, 3.05) is 0 Å². The van der Waals surface area contributed by atoms with E-state index in [1.165, 1.54) is 69.2 Å². The molecule has 1 aromatic heterocycles. The molecule has 0 aliphatic heterocycles. The lowest BCUT2D eigenvalue weighted by molar-refractivity contribution is 0.296. The van der Waals surface area contributed by atoms with Gasteiger partial charge in [-0.2, -0.15) is 0 Å². The van der Waals surface area contributed by atoms with Crippen LogP contribution in [0.25, 0.3) is 0 Å². The fourth-order valence-electron chi connectivity index (χ4n) is 3.99. The average Bonchev–Trinajstić information content (AvgIpc) is 2.85. The standard InChI is InChI=1S/C19H29N/c1-3-15-9-10-18(12-15)19-13-17(11-14(2)20-19)8-7-16-5-4-6-16/h11,13,15-16,18H,3-10,12H2,1-2H3. The minimum Gasteiger partial charge on any atom is -0.258 e. The van der Waals surface area contributed by atoms with Gasteiger partial charge in [0.2, 0.25) is 0 Å². The Morgan fingerprint density at radius 1 is 1.10 bits per heavy atom. The van der Waals surface area contributed by atoms with Gasteiger partial charge in [0, 0.05) is 17.3 Å². The zero-order chi connectivity index (χ0) is 13.9. The maximum atomic E-state index is 4.85. The van der Waals surface area contributed by atoms with Crippen LogP contribution in [-0.2, 0) is 6.42 Å². The normalized spacial score (nSPS) is 26.7. The molecule has 2 aliphatic rings. The molecule has 0 saturated heterocycles. The van der Waals surface area contributed by atoms with Gasteiger partial charge in [-0.3, -0.25) is 4.98 Å². The third-order valence-corrected chi connectivity index (χ3v) is 5.64. The summed E-state index contributed by atoms with van der Waals surface area (Å²) in [4.78, 5) is 4.85. The van der Waals surface area contributed by atoms with Crippen LogP contribution in [-0.4, -0.2) is 4.98 Å². The first-order valence-corrected chi connectivity index (χ1v) is 8.72. The zero-order valence-electron chi connectivity index (χ0n) is 13.2. The summed E-state index contributed by atoms with van der Waals surface area (Å²) >= 11 is 0. The molecule has 2 aliphatic carbocycles. The molecule has 110 valence electrons. The van der Waals surface area contributed by atoms with Crippen LogP contribution in [0.1, 0.15) is 81.2 Å². The number of hydrogen-bond donors (Lipinski definition) is 0. The van der Waals surface area contributed by atoms with Gasteiger partial charge >= 0.3 is 0 Å². The summed E-state index contributed by atoms with van der Waals surface area (Å²) < 4.78 is 0. The first kappa shape index (κ1) is 14.1. The summed E-state index contributed by atoms with van der Waals surface area (Å²) in [6.45, 7) is 4.50.